The zero-order valence-electron chi connectivity index (χ0n) is 16.7. The Morgan fingerprint density at radius 1 is 1.06 bits per heavy atom. The number of amides is 1. The third-order valence-electron chi connectivity index (χ3n) is 4.00. The molecular formula is C20H18N4O5S3. The van der Waals surface area contributed by atoms with Gasteiger partial charge in [-0.2, -0.15) is 4.72 Å². The predicted octanol–water partition coefficient (Wildman–Crippen LogP) is 2.35. The molecule has 12 heteroatoms. The van der Waals surface area contributed by atoms with Crippen molar-refractivity contribution in [2.45, 2.75) is 4.90 Å². The van der Waals surface area contributed by atoms with Gasteiger partial charge in [0, 0.05) is 22.2 Å². The van der Waals surface area contributed by atoms with Crippen molar-refractivity contribution in [3.8, 4) is 23.6 Å². The molecule has 0 aliphatic carbocycles. The second-order valence-corrected chi connectivity index (χ2v) is 10.9. The van der Waals surface area contributed by atoms with Gasteiger partial charge in [-0.15, -0.1) is 17.8 Å². The summed E-state index contributed by atoms with van der Waals surface area (Å²) < 4.78 is 51.3. The van der Waals surface area contributed by atoms with E-state index in [1.54, 1.807) is 29.6 Å². The molecule has 0 fully saturated rings. The molecule has 3 N–H and O–H groups in total. The first kappa shape index (κ1) is 23.4. The van der Waals surface area contributed by atoms with E-state index in [-0.39, 0.29) is 17.0 Å². The van der Waals surface area contributed by atoms with E-state index in [0.717, 1.165) is 11.8 Å². The summed E-state index contributed by atoms with van der Waals surface area (Å²) in [6.45, 7) is -0.131. The highest BCUT2D eigenvalue weighted by atomic mass is 32.2. The maximum atomic E-state index is 12.5. The smallest absolute Gasteiger partial charge is 0.257 e. The molecular weight excluding hydrogens is 472 g/mol. The molecule has 0 radical (unpaired) electrons. The van der Waals surface area contributed by atoms with Gasteiger partial charge in [-0.25, -0.2) is 21.8 Å². The van der Waals surface area contributed by atoms with E-state index < -0.39 is 26.0 Å². The lowest BCUT2D eigenvalue weighted by Crippen LogP contribution is -2.24. The van der Waals surface area contributed by atoms with Crippen molar-refractivity contribution in [2.75, 3.05) is 22.8 Å². The number of benzene rings is 2. The Labute approximate surface area is 190 Å². The second kappa shape index (κ2) is 9.49. The van der Waals surface area contributed by atoms with Crippen LogP contribution in [0.25, 0.3) is 11.3 Å². The number of nitrogens with zero attached hydrogens (tertiary/aromatic N) is 1. The summed E-state index contributed by atoms with van der Waals surface area (Å²) in [7, 11) is -7.10. The van der Waals surface area contributed by atoms with Gasteiger partial charge in [0.15, 0.2) is 5.13 Å². The van der Waals surface area contributed by atoms with E-state index in [9.17, 15) is 21.6 Å². The number of anilines is 2. The summed E-state index contributed by atoms with van der Waals surface area (Å²) in [6.07, 6.45) is 6.13. The van der Waals surface area contributed by atoms with Crippen molar-refractivity contribution in [1.29, 1.82) is 0 Å². The summed E-state index contributed by atoms with van der Waals surface area (Å²) in [5.74, 6) is 1.74. The SMILES string of the molecule is C#CCNS(=O)(=O)c1ccc(C(=O)Nc2nc(-c3ccc(NS(C)(=O)=O)cc3)cs2)cc1. The van der Waals surface area contributed by atoms with Gasteiger partial charge >= 0.3 is 0 Å². The van der Waals surface area contributed by atoms with Crippen LogP contribution in [0.5, 0.6) is 0 Å². The third kappa shape index (κ3) is 6.14. The van der Waals surface area contributed by atoms with Crippen LogP contribution in [0.4, 0.5) is 10.8 Å². The molecule has 0 saturated heterocycles. The molecule has 1 heterocycles. The van der Waals surface area contributed by atoms with E-state index >= 15 is 0 Å². The molecule has 0 aliphatic heterocycles. The molecule has 1 amide bonds. The number of terminal acetylenes is 1. The molecule has 9 nitrogen and oxygen atoms in total. The molecule has 3 aromatic rings. The number of hydrogen-bond donors (Lipinski definition) is 3. The van der Waals surface area contributed by atoms with Gasteiger partial charge in [-0.3, -0.25) is 14.8 Å². The van der Waals surface area contributed by atoms with Crippen LogP contribution in [0.3, 0.4) is 0 Å². The number of carbonyl (C=O) groups excluding carboxylic acids is 1. The fourth-order valence-electron chi connectivity index (χ4n) is 2.56. The number of aromatic nitrogens is 1. The maximum absolute atomic E-state index is 12.5. The van der Waals surface area contributed by atoms with Crippen LogP contribution in [0.1, 0.15) is 10.4 Å². The van der Waals surface area contributed by atoms with Gasteiger partial charge in [-0.05, 0) is 36.4 Å². The van der Waals surface area contributed by atoms with E-state index in [1.807, 2.05) is 0 Å². The van der Waals surface area contributed by atoms with Crippen LogP contribution in [0.15, 0.2) is 58.8 Å². The second-order valence-electron chi connectivity index (χ2n) is 6.50. The number of thiazole rings is 1. The Bertz CT molecular complexity index is 1370. The highest BCUT2D eigenvalue weighted by molar-refractivity contribution is 7.92. The normalized spacial score (nSPS) is 11.5. The molecule has 0 spiro atoms. The first-order valence-corrected chi connectivity index (χ1v) is 13.2. The van der Waals surface area contributed by atoms with Crippen LogP contribution in [-0.4, -0.2) is 40.5 Å². The predicted molar refractivity (Wildman–Crippen MR) is 124 cm³/mol. The molecule has 3 rings (SSSR count). The lowest BCUT2D eigenvalue weighted by Gasteiger charge is -2.06. The summed E-state index contributed by atoms with van der Waals surface area (Å²) in [4.78, 5) is 16.8. The van der Waals surface area contributed by atoms with Crippen LogP contribution < -0.4 is 14.8 Å². The fraction of sp³-hybridized carbons (Fsp3) is 0.100. The summed E-state index contributed by atoms with van der Waals surface area (Å²) in [5, 5.41) is 4.78. The number of hydrogen-bond acceptors (Lipinski definition) is 7. The zero-order valence-corrected chi connectivity index (χ0v) is 19.1. The molecule has 0 saturated carbocycles. The number of nitrogens with one attached hydrogen (secondary N) is 3. The van der Waals surface area contributed by atoms with Crippen LogP contribution in [0.2, 0.25) is 0 Å². The molecule has 0 aliphatic rings. The average molecular weight is 491 g/mol. The van der Waals surface area contributed by atoms with Gasteiger partial charge in [0.2, 0.25) is 20.0 Å². The Morgan fingerprint density at radius 2 is 1.72 bits per heavy atom. The van der Waals surface area contributed by atoms with E-state index in [1.165, 1.54) is 35.6 Å². The van der Waals surface area contributed by atoms with Gasteiger partial charge in [0.25, 0.3) is 5.91 Å². The van der Waals surface area contributed by atoms with Crippen molar-refractivity contribution in [3.05, 3.63) is 59.5 Å². The van der Waals surface area contributed by atoms with Crippen LogP contribution in [-0.2, 0) is 20.0 Å². The topological polar surface area (TPSA) is 134 Å². The molecule has 0 bridgehead atoms. The van der Waals surface area contributed by atoms with Crippen molar-refractivity contribution in [1.82, 2.24) is 9.71 Å². The Morgan fingerprint density at radius 3 is 2.31 bits per heavy atom. The van der Waals surface area contributed by atoms with E-state index in [2.05, 4.69) is 25.7 Å². The van der Waals surface area contributed by atoms with E-state index in [0.29, 0.717) is 16.5 Å². The Balaban J connectivity index is 1.68. The van der Waals surface area contributed by atoms with Gasteiger partial charge in [0.1, 0.15) is 0 Å². The maximum Gasteiger partial charge on any atom is 0.257 e. The number of carbonyl (C=O) groups is 1. The van der Waals surface area contributed by atoms with Gasteiger partial charge < -0.3 is 0 Å². The van der Waals surface area contributed by atoms with Crippen molar-refractivity contribution in [3.63, 3.8) is 0 Å². The standard InChI is InChI=1S/C20H18N4O5S3/c1-3-12-21-32(28,29)17-10-6-15(7-11-17)19(25)23-20-22-18(13-30-20)14-4-8-16(9-5-14)24-31(2,26)27/h1,4-11,13,21,24H,12H2,2H3,(H,22,23,25). The Hall–Kier alpha value is -3.24. The van der Waals surface area contributed by atoms with Crippen LogP contribution in [0, 0.1) is 12.3 Å². The monoisotopic (exact) mass is 490 g/mol. The fourth-order valence-corrected chi connectivity index (χ4v) is 4.77. The van der Waals surface area contributed by atoms with Gasteiger partial charge in [0.05, 0.1) is 23.4 Å². The summed E-state index contributed by atoms with van der Waals surface area (Å²) in [6, 6.07) is 12.1. The lowest BCUT2D eigenvalue weighted by atomic mass is 10.1. The Kier molecular flexibility index (Phi) is 6.95. The average Bonchev–Trinajstić information content (AvgIpc) is 3.20. The highest BCUT2D eigenvalue weighted by Crippen LogP contribution is 2.26. The minimum atomic E-state index is -3.74. The quantitative estimate of drug-likeness (QED) is 0.415. The largest absolute Gasteiger partial charge is 0.298 e. The van der Waals surface area contributed by atoms with Gasteiger partial charge in [-0.1, -0.05) is 18.1 Å². The number of rotatable bonds is 8. The molecule has 32 heavy (non-hydrogen) atoms. The molecule has 1 aromatic heterocycles. The number of sulfonamides is 2. The van der Waals surface area contributed by atoms with Crippen molar-refractivity contribution >= 4 is 48.1 Å². The van der Waals surface area contributed by atoms with Crippen LogP contribution >= 0.6 is 11.3 Å². The molecule has 2 aromatic carbocycles. The molecule has 0 atom stereocenters. The lowest BCUT2D eigenvalue weighted by molar-refractivity contribution is 0.102. The minimum Gasteiger partial charge on any atom is -0.298 e. The summed E-state index contributed by atoms with van der Waals surface area (Å²) in [5.41, 5.74) is 2.04. The van der Waals surface area contributed by atoms with E-state index in [4.69, 9.17) is 6.42 Å². The first-order valence-electron chi connectivity index (χ1n) is 8.96. The third-order valence-corrected chi connectivity index (χ3v) is 6.78. The molecule has 166 valence electrons. The summed E-state index contributed by atoms with van der Waals surface area (Å²) >= 11 is 1.22. The highest BCUT2D eigenvalue weighted by Gasteiger charge is 2.15. The molecule has 0 unspecified atom stereocenters. The first-order chi connectivity index (χ1) is 15.1. The van der Waals surface area contributed by atoms with Crippen molar-refractivity contribution in [2.24, 2.45) is 0 Å². The minimum absolute atomic E-state index is 0.00496. The zero-order chi connectivity index (χ0) is 23.4. The van der Waals surface area contributed by atoms with Crippen molar-refractivity contribution < 1.29 is 21.6 Å².